The van der Waals surface area contributed by atoms with Gasteiger partial charge in [0, 0.05) is 24.0 Å². The molecular weight excluding hydrogens is 442 g/mol. The quantitative estimate of drug-likeness (QED) is 0.442. The minimum Gasteiger partial charge on any atom is -0.506 e. The van der Waals surface area contributed by atoms with Crippen molar-refractivity contribution < 1.29 is 19.4 Å². The molecule has 2 heterocycles. The number of hydrogen-bond acceptors (Lipinski definition) is 7. The molecule has 8 nitrogen and oxygen atoms in total. The Morgan fingerprint density at radius 2 is 2.09 bits per heavy atom. The third kappa shape index (κ3) is 3.78. The summed E-state index contributed by atoms with van der Waals surface area (Å²) in [4.78, 5) is 30.8. The highest BCUT2D eigenvalue weighted by Crippen LogP contribution is 2.46. The van der Waals surface area contributed by atoms with Crippen LogP contribution in [0.5, 0.6) is 11.5 Å². The molecule has 2 N–H and O–H groups in total. The molecule has 0 spiro atoms. The Morgan fingerprint density at radius 1 is 1.27 bits per heavy atom. The van der Waals surface area contributed by atoms with E-state index in [-0.39, 0.29) is 24.4 Å². The van der Waals surface area contributed by atoms with Crippen LogP contribution in [0.1, 0.15) is 24.3 Å². The first kappa shape index (κ1) is 21.3. The molecule has 4 aromatic rings. The van der Waals surface area contributed by atoms with Gasteiger partial charge in [0.2, 0.25) is 0 Å². The van der Waals surface area contributed by atoms with E-state index < -0.39 is 6.09 Å². The number of phenols is 1. The van der Waals surface area contributed by atoms with Crippen LogP contribution in [0, 0.1) is 0 Å². The number of alkyl carbamates (subject to hydrolysis) is 1. The third-order valence-electron chi connectivity index (χ3n) is 5.91. The van der Waals surface area contributed by atoms with Crippen molar-refractivity contribution in [3.63, 3.8) is 0 Å². The molecule has 1 fully saturated rings. The average Bonchev–Trinajstić information content (AvgIpc) is 3.60. The Labute approximate surface area is 193 Å². The van der Waals surface area contributed by atoms with Gasteiger partial charge in [-0.25, -0.2) is 9.78 Å². The van der Waals surface area contributed by atoms with Crippen molar-refractivity contribution in [3.05, 3.63) is 52.3 Å². The molecule has 1 aliphatic carbocycles. The van der Waals surface area contributed by atoms with Gasteiger partial charge in [-0.15, -0.1) is 11.3 Å². The lowest BCUT2D eigenvalue weighted by Gasteiger charge is -2.16. The summed E-state index contributed by atoms with van der Waals surface area (Å²) in [7, 11) is 2.93. The van der Waals surface area contributed by atoms with Gasteiger partial charge in [0.1, 0.15) is 22.2 Å². The zero-order valence-corrected chi connectivity index (χ0v) is 19.1. The number of thiophene rings is 1. The summed E-state index contributed by atoms with van der Waals surface area (Å²) in [6, 6.07) is 11.0. The van der Waals surface area contributed by atoms with Crippen LogP contribution in [0.3, 0.4) is 0 Å². The minimum absolute atomic E-state index is 0.124. The molecule has 0 atom stereocenters. The lowest BCUT2D eigenvalue weighted by atomic mass is 10.0. The molecule has 170 valence electrons. The zero-order chi connectivity index (χ0) is 23.1. The van der Waals surface area contributed by atoms with Gasteiger partial charge in [0.25, 0.3) is 5.56 Å². The van der Waals surface area contributed by atoms with Crippen molar-refractivity contribution >= 4 is 37.7 Å². The molecule has 0 radical (unpaired) electrons. The molecule has 2 aromatic heterocycles. The number of nitrogens with zero attached hydrogens (tertiary/aromatic N) is 2. The highest BCUT2D eigenvalue weighted by Gasteiger charge is 2.29. The van der Waals surface area contributed by atoms with Crippen molar-refractivity contribution in [3.8, 4) is 22.9 Å². The topological polar surface area (TPSA) is 103 Å². The second kappa shape index (κ2) is 8.40. The van der Waals surface area contributed by atoms with E-state index in [0.717, 1.165) is 29.7 Å². The summed E-state index contributed by atoms with van der Waals surface area (Å²) >= 11 is 1.30. The van der Waals surface area contributed by atoms with E-state index in [1.807, 2.05) is 24.3 Å². The number of phenolic OH excluding ortho intramolecular Hbond substituents is 1. The van der Waals surface area contributed by atoms with Gasteiger partial charge in [0.05, 0.1) is 24.3 Å². The fourth-order valence-corrected chi connectivity index (χ4v) is 5.20. The summed E-state index contributed by atoms with van der Waals surface area (Å²) in [5.41, 5.74) is 1.76. The molecule has 9 heteroatoms. The second-order valence-electron chi connectivity index (χ2n) is 7.97. The van der Waals surface area contributed by atoms with Gasteiger partial charge in [-0.3, -0.25) is 9.36 Å². The van der Waals surface area contributed by atoms with E-state index in [1.54, 1.807) is 23.8 Å². The molecule has 33 heavy (non-hydrogen) atoms. The molecule has 0 saturated heterocycles. The molecule has 1 saturated carbocycles. The summed E-state index contributed by atoms with van der Waals surface area (Å²) in [5.74, 6) is 1.82. The Bertz CT molecular complexity index is 1440. The maximum atomic E-state index is 13.8. The first-order valence-electron chi connectivity index (χ1n) is 10.7. The molecule has 5 rings (SSSR count). The summed E-state index contributed by atoms with van der Waals surface area (Å²) in [6.45, 7) is 0.424. The van der Waals surface area contributed by atoms with Crippen LogP contribution < -0.4 is 15.6 Å². The maximum Gasteiger partial charge on any atom is 0.406 e. The predicted octanol–water partition coefficient (Wildman–Crippen LogP) is 4.23. The lowest BCUT2D eigenvalue weighted by Crippen LogP contribution is -2.32. The van der Waals surface area contributed by atoms with Gasteiger partial charge < -0.3 is 19.9 Å². The van der Waals surface area contributed by atoms with Crippen molar-refractivity contribution in [2.75, 3.05) is 20.8 Å². The van der Waals surface area contributed by atoms with Crippen molar-refractivity contribution in [2.45, 2.75) is 25.3 Å². The van der Waals surface area contributed by atoms with E-state index in [2.05, 4.69) is 10.1 Å². The molecule has 2 aromatic carbocycles. The van der Waals surface area contributed by atoms with Crippen LogP contribution in [-0.4, -0.2) is 41.5 Å². The molecular formula is C24H23N3O5S. The van der Waals surface area contributed by atoms with E-state index >= 15 is 0 Å². The van der Waals surface area contributed by atoms with Gasteiger partial charge in [0.15, 0.2) is 0 Å². The number of carbonyl (C=O) groups excluding carboxylic acids is 1. The third-order valence-corrected chi connectivity index (χ3v) is 7.03. The van der Waals surface area contributed by atoms with Crippen LogP contribution >= 0.6 is 11.3 Å². The highest BCUT2D eigenvalue weighted by molar-refractivity contribution is 7.25. The van der Waals surface area contributed by atoms with Crippen LogP contribution in [0.2, 0.25) is 0 Å². The van der Waals surface area contributed by atoms with Crippen molar-refractivity contribution in [1.82, 2.24) is 14.9 Å². The first-order chi connectivity index (χ1) is 16.0. The lowest BCUT2D eigenvalue weighted by molar-refractivity contribution is 0.170. The van der Waals surface area contributed by atoms with Gasteiger partial charge in [-0.2, -0.15) is 0 Å². The van der Waals surface area contributed by atoms with Gasteiger partial charge >= 0.3 is 6.09 Å². The number of rotatable bonds is 6. The fourth-order valence-electron chi connectivity index (χ4n) is 4.12. The minimum atomic E-state index is -0.562. The largest absolute Gasteiger partial charge is 0.506 e. The molecule has 0 bridgehead atoms. The number of benzene rings is 2. The van der Waals surface area contributed by atoms with Crippen LogP contribution in [0.15, 0.2) is 41.2 Å². The Hall–Kier alpha value is -3.59. The van der Waals surface area contributed by atoms with Crippen LogP contribution in [0.25, 0.3) is 31.7 Å². The summed E-state index contributed by atoms with van der Waals surface area (Å²) in [5, 5.41) is 14.1. The number of fused-ring (bicyclic) bond motifs is 3. The van der Waals surface area contributed by atoms with Crippen LogP contribution in [-0.2, 0) is 11.3 Å². The Morgan fingerprint density at radius 3 is 2.82 bits per heavy atom. The smallest absolute Gasteiger partial charge is 0.406 e. The number of nitrogens with one attached hydrogen (secondary N) is 1. The zero-order valence-electron chi connectivity index (χ0n) is 18.3. The number of aromatic nitrogens is 2. The van der Waals surface area contributed by atoms with E-state index in [9.17, 15) is 14.7 Å². The summed E-state index contributed by atoms with van der Waals surface area (Å²) in [6.07, 6.45) is 1.59. The normalized spacial score (nSPS) is 13.4. The monoisotopic (exact) mass is 465 g/mol. The number of aromatic hydroxyl groups is 1. The molecule has 1 aliphatic rings. The predicted molar refractivity (Wildman–Crippen MR) is 127 cm³/mol. The SMILES string of the molecule is COC(=O)NCCn1c(-c2ccc(OC)cc2C2CC2)nc2sc3c(O)cccc3c2c1=O. The van der Waals surface area contributed by atoms with E-state index in [0.29, 0.717) is 32.0 Å². The highest BCUT2D eigenvalue weighted by atomic mass is 32.1. The Kier molecular flexibility index (Phi) is 5.41. The number of hydrogen-bond donors (Lipinski definition) is 2. The van der Waals surface area contributed by atoms with Gasteiger partial charge in [-0.05, 0) is 48.6 Å². The Balaban J connectivity index is 1.74. The summed E-state index contributed by atoms with van der Waals surface area (Å²) < 4.78 is 12.3. The molecule has 0 aliphatic heterocycles. The molecule has 1 amide bonds. The fraction of sp³-hybridized carbons (Fsp3) is 0.292. The van der Waals surface area contributed by atoms with Crippen molar-refractivity contribution in [2.24, 2.45) is 0 Å². The molecule has 0 unspecified atom stereocenters. The average molecular weight is 466 g/mol. The standard InChI is InChI=1S/C24H23N3O5S/c1-31-14-8-9-15(17(12-14)13-6-7-13)21-26-22-19(16-4-3-5-18(28)20(16)33-22)23(29)27(21)11-10-25-24(30)32-2/h3-5,8-9,12-13,28H,6-7,10-11H2,1-2H3,(H,25,30). The van der Waals surface area contributed by atoms with E-state index in [1.165, 1.54) is 18.4 Å². The first-order valence-corrected chi connectivity index (χ1v) is 11.5. The van der Waals surface area contributed by atoms with Crippen molar-refractivity contribution in [1.29, 1.82) is 0 Å². The number of ether oxygens (including phenoxy) is 2. The number of methoxy groups -OCH3 is 2. The van der Waals surface area contributed by atoms with E-state index in [4.69, 9.17) is 9.72 Å². The second-order valence-corrected chi connectivity index (χ2v) is 8.97. The van der Waals surface area contributed by atoms with Gasteiger partial charge in [-0.1, -0.05) is 12.1 Å². The maximum absolute atomic E-state index is 13.8. The van der Waals surface area contributed by atoms with Crippen LogP contribution in [0.4, 0.5) is 4.79 Å². The number of amides is 1. The number of carbonyl (C=O) groups is 1.